The van der Waals surface area contributed by atoms with Crippen LogP contribution in [0.4, 0.5) is 10.2 Å². The van der Waals surface area contributed by atoms with Crippen LogP contribution in [0.2, 0.25) is 0 Å². The molecule has 1 aromatic heterocycles. The fourth-order valence-electron chi connectivity index (χ4n) is 2.00. The minimum atomic E-state index is -0.731. The van der Waals surface area contributed by atoms with E-state index in [0.29, 0.717) is 23.5 Å². The van der Waals surface area contributed by atoms with Crippen LogP contribution in [0.15, 0.2) is 53.8 Å². The number of aromatic nitrogens is 1. The number of rotatable bonds is 3. The molecule has 1 aliphatic heterocycles. The predicted molar refractivity (Wildman–Crippen MR) is 75.3 cm³/mol. The summed E-state index contributed by atoms with van der Waals surface area (Å²) in [6.07, 6.45) is 1.15. The van der Waals surface area contributed by atoms with Gasteiger partial charge in [-0.25, -0.2) is 9.37 Å². The molecule has 0 bridgehead atoms. The summed E-state index contributed by atoms with van der Waals surface area (Å²) in [5.74, 6) is -0.231. The van der Waals surface area contributed by atoms with Crippen LogP contribution >= 0.6 is 0 Å². The van der Waals surface area contributed by atoms with Crippen molar-refractivity contribution >= 4 is 17.4 Å². The third kappa shape index (κ3) is 3.05. The monoisotopic (exact) mass is 285 g/mol. The van der Waals surface area contributed by atoms with E-state index < -0.39 is 6.10 Å². The highest BCUT2D eigenvalue weighted by atomic mass is 19.1. The normalized spacial score (nSPS) is 17.0. The van der Waals surface area contributed by atoms with Gasteiger partial charge in [0.1, 0.15) is 11.6 Å². The van der Waals surface area contributed by atoms with Gasteiger partial charge in [-0.15, -0.1) is 0 Å². The van der Waals surface area contributed by atoms with Crippen LogP contribution in [-0.2, 0) is 9.63 Å². The SMILES string of the molecule is O=C(Nc1ccccn1)C1CC(c2cccc(F)c2)=NO1. The van der Waals surface area contributed by atoms with E-state index in [4.69, 9.17) is 4.84 Å². The second-order valence-electron chi connectivity index (χ2n) is 4.55. The van der Waals surface area contributed by atoms with Gasteiger partial charge in [0.05, 0.1) is 5.71 Å². The predicted octanol–water partition coefficient (Wildman–Crippen LogP) is 2.35. The van der Waals surface area contributed by atoms with Crippen molar-refractivity contribution in [3.63, 3.8) is 0 Å². The average Bonchev–Trinajstić information content (AvgIpc) is 2.98. The molecule has 0 fully saturated rings. The van der Waals surface area contributed by atoms with E-state index >= 15 is 0 Å². The lowest BCUT2D eigenvalue weighted by Crippen LogP contribution is -2.28. The number of amides is 1. The number of nitrogens with zero attached hydrogens (tertiary/aromatic N) is 2. The van der Waals surface area contributed by atoms with Gasteiger partial charge in [0.2, 0.25) is 6.10 Å². The smallest absolute Gasteiger partial charge is 0.269 e. The number of hydrogen-bond donors (Lipinski definition) is 1. The molecule has 0 spiro atoms. The third-order valence-electron chi connectivity index (χ3n) is 3.04. The fourth-order valence-corrected chi connectivity index (χ4v) is 2.00. The molecule has 1 amide bonds. The summed E-state index contributed by atoms with van der Waals surface area (Å²) >= 11 is 0. The van der Waals surface area contributed by atoms with Crippen LogP contribution in [0.3, 0.4) is 0 Å². The number of anilines is 1. The summed E-state index contributed by atoms with van der Waals surface area (Å²) in [4.78, 5) is 21.2. The molecule has 5 nitrogen and oxygen atoms in total. The highest BCUT2D eigenvalue weighted by Crippen LogP contribution is 2.18. The molecule has 1 atom stereocenters. The Morgan fingerprint density at radius 1 is 1.29 bits per heavy atom. The van der Waals surface area contributed by atoms with Gasteiger partial charge < -0.3 is 10.2 Å². The first-order valence-corrected chi connectivity index (χ1v) is 6.43. The summed E-state index contributed by atoms with van der Waals surface area (Å²) in [6, 6.07) is 11.2. The van der Waals surface area contributed by atoms with E-state index in [1.807, 2.05) is 0 Å². The first-order valence-electron chi connectivity index (χ1n) is 6.43. The molecule has 0 aliphatic carbocycles. The molecule has 1 N–H and O–H groups in total. The number of oxime groups is 1. The number of carbonyl (C=O) groups excluding carboxylic acids is 1. The molecular formula is C15H12FN3O2. The minimum absolute atomic E-state index is 0.294. The molecule has 3 rings (SSSR count). The van der Waals surface area contributed by atoms with E-state index in [-0.39, 0.29) is 11.7 Å². The summed E-state index contributed by atoms with van der Waals surface area (Å²) in [6.45, 7) is 0. The Balaban J connectivity index is 1.65. The topological polar surface area (TPSA) is 63.6 Å². The third-order valence-corrected chi connectivity index (χ3v) is 3.04. The van der Waals surface area contributed by atoms with Gasteiger partial charge in [-0.05, 0) is 24.3 Å². The molecule has 0 saturated heterocycles. The molecule has 2 aromatic rings. The van der Waals surface area contributed by atoms with Crippen LogP contribution in [-0.4, -0.2) is 22.7 Å². The Morgan fingerprint density at radius 3 is 2.95 bits per heavy atom. The Kier molecular flexibility index (Phi) is 3.59. The van der Waals surface area contributed by atoms with Crippen molar-refractivity contribution in [2.75, 3.05) is 5.32 Å². The molecule has 1 unspecified atom stereocenters. The molecule has 1 aliphatic rings. The fraction of sp³-hybridized carbons (Fsp3) is 0.133. The second-order valence-corrected chi connectivity index (χ2v) is 4.55. The standard InChI is InChI=1S/C15H12FN3O2/c16-11-5-3-4-10(8-11)12-9-13(21-19-12)15(20)18-14-6-1-2-7-17-14/h1-8,13H,9H2,(H,17,18,20). The molecule has 0 saturated carbocycles. The van der Waals surface area contributed by atoms with Gasteiger partial charge in [-0.3, -0.25) is 4.79 Å². The van der Waals surface area contributed by atoms with Gasteiger partial charge in [-0.2, -0.15) is 0 Å². The van der Waals surface area contributed by atoms with Crippen molar-refractivity contribution < 1.29 is 14.0 Å². The number of benzene rings is 1. The van der Waals surface area contributed by atoms with Crippen LogP contribution in [0.25, 0.3) is 0 Å². The molecular weight excluding hydrogens is 273 g/mol. The first kappa shape index (κ1) is 13.2. The first-order chi connectivity index (χ1) is 10.2. The lowest BCUT2D eigenvalue weighted by Gasteiger charge is -2.08. The van der Waals surface area contributed by atoms with Crippen molar-refractivity contribution in [3.8, 4) is 0 Å². The van der Waals surface area contributed by atoms with Crippen molar-refractivity contribution in [1.29, 1.82) is 0 Å². The van der Waals surface area contributed by atoms with Gasteiger partial charge in [0.25, 0.3) is 5.91 Å². The van der Waals surface area contributed by atoms with Crippen molar-refractivity contribution in [1.82, 2.24) is 4.98 Å². The van der Waals surface area contributed by atoms with E-state index in [9.17, 15) is 9.18 Å². The number of hydrogen-bond acceptors (Lipinski definition) is 4. The second kappa shape index (κ2) is 5.70. The van der Waals surface area contributed by atoms with Crippen LogP contribution in [0.1, 0.15) is 12.0 Å². The van der Waals surface area contributed by atoms with Gasteiger partial charge >= 0.3 is 0 Å². The lowest BCUT2D eigenvalue weighted by molar-refractivity contribution is -0.125. The summed E-state index contributed by atoms with van der Waals surface area (Å²) < 4.78 is 13.2. The quantitative estimate of drug-likeness (QED) is 0.941. The summed E-state index contributed by atoms with van der Waals surface area (Å²) in [7, 11) is 0. The summed E-state index contributed by atoms with van der Waals surface area (Å²) in [5, 5.41) is 6.50. The molecule has 1 aromatic carbocycles. The maximum absolute atomic E-state index is 13.2. The van der Waals surface area contributed by atoms with E-state index in [1.54, 1.807) is 36.5 Å². The number of carbonyl (C=O) groups is 1. The van der Waals surface area contributed by atoms with E-state index in [2.05, 4.69) is 15.5 Å². The van der Waals surface area contributed by atoms with Crippen LogP contribution in [0, 0.1) is 5.82 Å². The zero-order chi connectivity index (χ0) is 14.7. The number of halogens is 1. The zero-order valence-corrected chi connectivity index (χ0v) is 11.0. The molecule has 0 radical (unpaired) electrons. The zero-order valence-electron chi connectivity index (χ0n) is 11.0. The lowest BCUT2D eigenvalue weighted by atomic mass is 10.0. The highest BCUT2D eigenvalue weighted by Gasteiger charge is 2.29. The highest BCUT2D eigenvalue weighted by molar-refractivity contribution is 6.05. The molecule has 2 heterocycles. The maximum Gasteiger partial charge on any atom is 0.269 e. The largest absolute Gasteiger partial charge is 0.382 e. The van der Waals surface area contributed by atoms with Gasteiger partial charge in [0.15, 0.2) is 0 Å². The Morgan fingerprint density at radius 2 is 2.19 bits per heavy atom. The minimum Gasteiger partial charge on any atom is -0.382 e. The molecule has 21 heavy (non-hydrogen) atoms. The Labute approximate surface area is 120 Å². The molecule has 106 valence electrons. The van der Waals surface area contributed by atoms with Crippen molar-refractivity contribution in [2.45, 2.75) is 12.5 Å². The van der Waals surface area contributed by atoms with Crippen molar-refractivity contribution in [2.24, 2.45) is 5.16 Å². The Hall–Kier alpha value is -2.76. The summed E-state index contributed by atoms with van der Waals surface area (Å²) in [5.41, 5.74) is 1.17. The molecule has 6 heteroatoms. The van der Waals surface area contributed by atoms with E-state index in [0.717, 1.165) is 0 Å². The maximum atomic E-state index is 13.2. The Bertz CT molecular complexity index is 688. The number of nitrogens with one attached hydrogen (secondary N) is 1. The van der Waals surface area contributed by atoms with E-state index in [1.165, 1.54) is 12.1 Å². The van der Waals surface area contributed by atoms with Crippen LogP contribution in [0.5, 0.6) is 0 Å². The average molecular weight is 285 g/mol. The number of pyridine rings is 1. The van der Waals surface area contributed by atoms with Crippen LogP contribution < -0.4 is 5.32 Å². The van der Waals surface area contributed by atoms with Crippen molar-refractivity contribution in [3.05, 3.63) is 60.0 Å². The van der Waals surface area contributed by atoms with Gasteiger partial charge in [0, 0.05) is 18.2 Å². The van der Waals surface area contributed by atoms with Gasteiger partial charge in [-0.1, -0.05) is 23.4 Å².